The van der Waals surface area contributed by atoms with Crippen LogP contribution in [0.1, 0.15) is 5.56 Å². The highest BCUT2D eigenvalue weighted by Crippen LogP contribution is 2.24. The number of aromatic nitrogens is 1. The van der Waals surface area contributed by atoms with Crippen molar-refractivity contribution < 1.29 is 9.84 Å². The summed E-state index contributed by atoms with van der Waals surface area (Å²) in [5.41, 5.74) is 2.34. The van der Waals surface area contributed by atoms with Gasteiger partial charge in [-0.05, 0) is 36.7 Å². The standard InChI is InChI=1S/C19H22N2O2/c22-16(13-20-11-9-15-5-2-1-3-6-15)14-23-19-8-4-7-18-17(19)10-12-21-18/h1-8,10,12,16,20-22H,9,11,13-14H2. The molecule has 0 aliphatic heterocycles. The number of H-pyrrole nitrogens is 1. The second kappa shape index (κ2) is 7.81. The third-order valence-corrected chi connectivity index (χ3v) is 3.80. The second-order valence-electron chi connectivity index (χ2n) is 5.60. The van der Waals surface area contributed by atoms with Gasteiger partial charge in [-0.1, -0.05) is 36.4 Å². The van der Waals surface area contributed by atoms with Gasteiger partial charge in [0.1, 0.15) is 18.5 Å². The van der Waals surface area contributed by atoms with E-state index < -0.39 is 6.10 Å². The number of ether oxygens (including phenoxy) is 1. The molecule has 0 fully saturated rings. The zero-order valence-electron chi connectivity index (χ0n) is 13.0. The molecule has 0 aliphatic carbocycles. The highest BCUT2D eigenvalue weighted by molar-refractivity contribution is 5.85. The summed E-state index contributed by atoms with van der Waals surface area (Å²) in [5, 5.41) is 14.3. The first-order valence-corrected chi connectivity index (χ1v) is 7.94. The number of benzene rings is 2. The lowest BCUT2D eigenvalue weighted by Gasteiger charge is -2.14. The Hall–Kier alpha value is -2.30. The van der Waals surface area contributed by atoms with Crippen LogP contribution in [-0.4, -0.2) is 35.9 Å². The predicted molar refractivity (Wildman–Crippen MR) is 92.8 cm³/mol. The van der Waals surface area contributed by atoms with Crippen molar-refractivity contribution in [3.05, 3.63) is 66.4 Å². The highest BCUT2D eigenvalue weighted by Gasteiger charge is 2.07. The van der Waals surface area contributed by atoms with Gasteiger partial charge in [-0.15, -0.1) is 0 Å². The van der Waals surface area contributed by atoms with E-state index in [4.69, 9.17) is 4.74 Å². The Kier molecular flexibility index (Phi) is 5.29. The molecule has 23 heavy (non-hydrogen) atoms. The van der Waals surface area contributed by atoms with E-state index >= 15 is 0 Å². The fraction of sp³-hybridized carbons (Fsp3) is 0.263. The summed E-state index contributed by atoms with van der Waals surface area (Å²) in [4.78, 5) is 3.15. The van der Waals surface area contributed by atoms with Crippen LogP contribution < -0.4 is 10.1 Å². The van der Waals surface area contributed by atoms with Gasteiger partial charge in [0, 0.05) is 23.6 Å². The number of nitrogens with one attached hydrogen (secondary N) is 2. The van der Waals surface area contributed by atoms with Crippen LogP contribution in [0.4, 0.5) is 0 Å². The maximum Gasteiger partial charge on any atom is 0.128 e. The summed E-state index contributed by atoms with van der Waals surface area (Å²) in [5.74, 6) is 0.798. The minimum Gasteiger partial charge on any atom is -0.490 e. The van der Waals surface area contributed by atoms with Crippen LogP contribution >= 0.6 is 0 Å². The Labute approximate surface area is 136 Å². The minimum absolute atomic E-state index is 0.280. The molecule has 0 radical (unpaired) electrons. The van der Waals surface area contributed by atoms with Gasteiger partial charge < -0.3 is 20.1 Å². The van der Waals surface area contributed by atoms with Gasteiger partial charge in [-0.2, -0.15) is 0 Å². The molecule has 3 rings (SSSR count). The number of rotatable bonds is 8. The van der Waals surface area contributed by atoms with Crippen LogP contribution in [0.15, 0.2) is 60.8 Å². The van der Waals surface area contributed by atoms with E-state index in [2.05, 4.69) is 22.4 Å². The average Bonchev–Trinajstić information content (AvgIpc) is 3.07. The largest absolute Gasteiger partial charge is 0.490 e. The average molecular weight is 310 g/mol. The Morgan fingerprint density at radius 1 is 1.04 bits per heavy atom. The number of aliphatic hydroxyl groups is 1. The van der Waals surface area contributed by atoms with Crippen molar-refractivity contribution in [2.45, 2.75) is 12.5 Å². The van der Waals surface area contributed by atoms with Crippen molar-refractivity contribution in [3.8, 4) is 5.75 Å². The lowest BCUT2D eigenvalue weighted by atomic mass is 10.1. The molecule has 1 unspecified atom stereocenters. The third kappa shape index (κ3) is 4.34. The van der Waals surface area contributed by atoms with Crippen molar-refractivity contribution >= 4 is 10.9 Å². The molecule has 4 nitrogen and oxygen atoms in total. The summed E-state index contributed by atoms with van der Waals surface area (Å²) < 4.78 is 5.74. The SMILES string of the molecule is OC(CNCCc1ccccc1)COc1cccc2[nH]ccc12. The van der Waals surface area contributed by atoms with Crippen molar-refractivity contribution in [2.75, 3.05) is 19.7 Å². The number of hydrogen-bond acceptors (Lipinski definition) is 3. The quantitative estimate of drug-likeness (QED) is 0.561. The van der Waals surface area contributed by atoms with E-state index in [-0.39, 0.29) is 6.61 Å². The molecular formula is C19H22N2O2. The first-order valence-electron chi connectivity index (χ1n) is 7.94. The summed E-state index contributed by atoms with van der Waals surface area (Å²) in [6, 6.07) is 18.2. The smallest absolute Gasteiger partial charge is 0.128 e. The van der Waals surface area contributed by atoms with E-state index in [1.165, 1.54) is 5.56 Å². The molecule has 2 aromatic carbocycles. The molecule has 1 aromatic heterocycles. The van der Waals surface area contributed by atoms with Crippen LogP contribution in [0.5, 0.6) is 5.75 Å². The second-order valence-corrected chi connectivity index (χ2v) is 5.60. The molecule has 4 heteroatoms. The summed E-state index contributed by atoms with van der Waals surface area (Å²) in [7, 11) is 0. The zero-order chi connectivity index (χ0) is 15.9. The lowest BCUT2D eigenvalue weighted by Crippen LogP contribution is -2.32. The summed E-state index contributed by atoms with van der Waals surface area (Å²) >= 11 is 0. The summed E-state index contributed by atoms with van der Waals surface area (Å²) in [6.45, 7) is 1.65. The molecule has 0 aliphatic rings. The Bertz CT molecular complexity index is 724. The maximum absolute atomic E-state index is 10.0. The molecule has 3 aromatic rings. The molecule has 0 amide bonds. The zero-order valence-corrected chi connectivity index (χ0v) is 13.0. The normalized spacial score (nSPS) is 12.4. The molecule has 1 heterocycles. The van der Waals surface area contributed by atoms with Gasteiger partial charge in [0.15, 0.2) is 0 Å². The molecule has 3 N–H and O–H groups in total. The number of aliphatic hydroxyl groups excluding tert-OH is 1. The van der Waals surface area contributed by atoms with E-state index in [1.807, 2.05) is 48.7 Å². The maximum atomic E-state index is 10.0. The Balaban J connectivity index is 1.40. The number of fused-ring (bicyclic) bond motifs is 1. The van der Waals surface area contributed by atoms with Crippen LogP contribution in [0.25, 0.3) is 10.9 Å². The van der Waals surface area contributed by atoms with Crippen molar-refractivity contribution in [3.63, 3.8) is 0 Å². The van der Waals surface area contributed by atoms with E-state index in [1.54, 1.807) is 0 Å². The number of hydrogen-bond donors (Lipinski definition) is 3. The van der Waals surface area contributed by atoms with Gasteiger partial charge in [0.2, 0.25) is 0 Å². The highest BCUT2D eigenvalue weighted by atomic mass is 16.5. The minimum atomic E-state index is -0.528. The van der Waals surface area contributed by atoms with Crippen LogP contribution in [-0.2, 0) is 6.42 Å². The molecular weight excluding hydrogens is 288 g/mol. The van der Waals surface area contributed by atoms with Gasteiger partial charge in [-0.25, -0.2) is 0 Å². The van der Waals surface area contributed by atoms with Gasteiger partial charge in [0.25, 0.3) is 0 Å². The Morgan fingerprint density at radius 3 is 2.78 bits per heavy atom. The lowest BCUT2D eigenvalue weighted by molar-refractivity contribution is 0.107. The van der Waals surface area contributed by atoms with Crippen molar-refractivity contribution in [2.24, 2.45) is 0 Å². The van der Waals surface area contributed by atoms with Gasteiger partial charge in [0.05, 0.1) is 0 Å². The van der Waals surface area contributed by atoms with E-state index in [9.17, 15) is 5.11 Å². The van der Waals surface area contributed by atoms with Crippen LogP contribution in [0.2, 0.25) is 0 Å². The van der Waals surface area contributed by atoms with Gasteiger partial charge >= 0.3 is 0 Å². The topological polar surface area (TPSA) is 57.3 Å². The molecule has 1 atom stereocenters. The fourth-order valence-electron chi connectivity index (χ4n) is 2.57. The monoisotopic (exact) mass is 310 g/mol. The molecule has 120 valence electrons. The van der Waals surface area contributed by atoms with Gasteiger partial charge in [-0.3, -0.25) is 0 Å². The van der Waals surface area contributed by atoms with E-state index in [0.29, 0.717) is 6.54 Å². The van der Waals surface area contributed by atoms with Crippen LogP contribution in [0.3, 0.4) is 0 Å². The molecule has 0 bridgehead atoms. The first kappa shape index (κ1) is 15.6. The molecule has 0 spiro atoms. The van der Waals surface area contributed by atoms with Crippen LogP contribution in [0, 0.1) is 0 Å². The molecule has 0 saturated heterocycles. The molecule has 0 saturated carbocycles. The first-order chi connectivity index (χ1) is 11.3. The number of aromatic amines is 1. The van der Waals surface area contributed by atoms with Crippen molar-refractivity contribution in [1.29, 1.82) is 0 Å². The van der Waals surface area contributed by atoms with Crippen molar-refractivity contribution in [1.82, 2.24) is 10.3 Å². The summed E-state index contributed by atoms with van der Waals surface area (Å²) in [6.07, 6.45) is 2.32. The Morgan fingerprint density at radius 2 is 1.91 bits per heavy atom. The third-order valence-electron chi connectivity index (χ3n) is 3.80. The predicted octanol–water partition coefficient (Wildman–Crippen LogP) is 2.74. The fourth-order valence-corrected chi connectivity index (χ4v) is 2.57. The van der Waals surface area contributed by atoms with E-state index in [0.717, 1.165) is 29.6 Å².